The van der Waals surface area contributed by atoms with E-state index in [9.17, 15) is 4.79 Å². The van der Waals surface area contributed by atoms with Gasteiger partial charge in [0.2, 0.25) is 5.91 Å². The number of nitrogens with two attached hydrogens (primary N) is 1. The first-order chi connectivity index (χ1) is 7.25. The fraction of sp³-hybridized carbons (Fsp3) is 0.900. The van der Waals surface area contributed by atoms with Gasteiger partial charge >= 0.3 is 0 Å². The second-order valence-corrected chi connectivity index (χ2v) is 3.85. The fourth-order valence-electron chi connectivity index (χ4n) is 1.34. The fourth-order valence-corrected chi connectivity index (χ4v) is 1.34. The standard InChI is InChI=1S/C10H20N2O3/c1-14-6-7-15-5-4-12-9(13)10(8-11)2-3-10/h2-8,11H2,1H3,(H,12,13). The van der Waals surface area contributed by atoms with Crippen LogP contribution in [0.4, 0.5) is 0 Å². The lowest BCUT2D eigenvalue weighted by atomic mass is 10.1. The molecule has 0 radical (unpaired) electrons. The van der Waals surface area contributed by atoms with Crippen LogP contribution in [0.25, 0.3) is 0 Å². The molecule has 0 aromatic carbocycles. The minimum absolute atomic E-state index is 0.0698. The summed E-state index contributed by atoms with van der Waals surface area (Å²) in [6.45, 7) is 2.67. The number of amides is 1. The number of ether oxygens (including phenoxy) is 2. The highest BCUT2D eigenvalue weighted by atomic mass is 16.5. The molecule has 0 saturated heterocycles. The Labute approximate surface area is 90.3 Å². The van der Waals surface area contributed by atoms with Crippen molar-refractivity contribution in [3.63, 3.8) is 0 Å². The minimum atomic E-state index is -0.257. The Kier molecular flexibility index (Phi) is 5.01. The summed E-state index contributed by atoms with van der Waals surface area (Å²) in [5, 5.41) is 2.83. The average Bonchev–Trinajstić information content (AvgIpc) is 3.03. The van der Waals surface area contributed by atoms with Gasteiger partial charge in [0.1, 0.15) is 0 Å². The Morgan fingerprint density at radius 1 is 1.40 bits per heavy atom. The van der Waals surface area contributed by atoms with Crippen LogP contribution < -0.4 is 11.1 Å². The molecule has 0 bridgehead atoms. The van der Waals surface area contributed by atoms with E-state index < -0.39 is 0 Å². The molecular formula is C10H20N2O3. The lowest BCUT2D eigenvalue weighted by Gasteiger charge is -2.12. The van der Waals surface area contributed by atoms with E-state index in [4.69, 9.17) is 15.2 Å². The van der Waals surface area contributed by atoms with Gasteiger partial charge in [0.05, 0.1) is 25.2 Å². The molecule has 88 valence electrons. The molecule has 0 heterocycles. The predicted octanol–water partition coefficient (Wildman–Crippen LogP) is -0.495. The maximum absolute atomic E-state index is 11.6. The lowest BCUT2D eigenvalue weighted by Crippen LogP contribution is -2.38. The zero-order valence-electron chi connectivity index (χ0n) is 9.25. The summed E-state index contributed by atoms with van der Waals surface area (Å²) in [5.41, 5.74) is 5.27. The normalized spacial score (nSPS) is 17.5. The molecule has 0 unspecified atom stereocenters. The number of nitrogens with one attached hydrogen (secondary N) is 1. The van der Waals surface area contributed by atoms with Gasteiger partial charge in [0.15, 0.2) is 0 Å². The highest BCUT2D eigenvalue weighted by Crippen LogP contribution is 2.44. The van der Waals surface area contributed by atoms with E-state index in [2.05, 4.69) is 5.32 Å². The molecule has 1 fully saturated rings. The topological polar surface area (TPSA) is 73.6 Å². The van der Waals surface area contributed by atoms with E-state index in [1.807, 2.05) is 0 Å². The molecule has 3 N–H and O–H groups in total. The molecule has 15 heavy (non-hydrogen) atoms. The largest absolute Gasteiger partial charge is 0.382 e. The Morgan fingerprint density at radius 2 is 2.13 bits per heavy atom. The van der Waals surface area contributed by atoms with Crippen LogP contribution in [-0.2, 0) is 14.3 Å². The number of hydrogen-bond acceptors (Lipinski definition) is 4. The summed E-state index contributed by atoms with van der Waals surface area (Å²) in [4.78, 5) is 11.6. The molecule has 1 saturated carbocycles. The molecule has 1 aliphatic carbocycles. The molecule has 1 amide bonds. The van der Waals surface area contributed by atoms with Crippen molar-refractivity contribution < 1.29 is 14.3 Å². The van der Waals surface area contributed by atoms with Crippen LogP contribution in [0.3, 0.4) is 0 Å². The second-order valence-electron chi connectivity index (χ2n) is 3.85. The Hall–Kier alpha value is -0.650. The predicted molar refractivity (Wildman–Crippen MR) is 56.4 cm³/mol. The van der Waals surface area contributed by atoms with Gasteiger partial charge in [-0.05, 0) is 12.8 Å². The van der Waals surface area contributed by atoms with E-state index in [0.29, 0.717) is 32.9 Å². The van der Waals surface area contributed by atoms with E-state index in [1.165, 1.54) is 0 Å². The summed E-state index contributed by atoms with van der Waals surface area (Å²) >= 11 is 0. The van der Waals surface area contributed by atoms with Gasteiger partial charge < -0.3 is 20.5 Å². The maximum atomic E-state index is 11.6. The summed E-state index contributed by atoms with van der Waals surface area (Å²) in [5.74, 6) is 0.0698. The monoisotopic (exact) mass is 216 g/mol. The zero-order chi connectivity index (χ0) is 11.1. The third kappa shape index (κ3) is 3.77. The summed E-state index contributed by atoms with van der Waals surface area (Å²) in [6, 6.07) is 0. The molecule has 0 spiro atoms. The van der Waals surface area contributed by atoms with Crippen molar-refractivity contribution in [3.05, 3.63) is 0 Å². The Morgan fingerprint density at radius 3 is 2.67 bits per heavy atom. The quantitative estimate of drug-likeness (QED) is 0.537. The van der Waals surface area contributed by atoms with Crippen LogP contribution in [0.1, 0.15) is 12.8 Å². The molecule has 0 aromatic rings. The van der Waals surface area contributed by atoms with Crippen molar-refractivity contribution in [2.75, 3.05) is 40.0 Å². The number of carbonyl (C=O) groups excluding carboxylic acids is 1. The van der Waals surface area contributed by atoms with Crippen molar-refractivity contribution in [1.82, 2.24) is 5.32 Å². The molecule has 0 aromatic heterocycles. The number of methoxy groups -OCH3 is 1. The van der Waals surface area contributed by atoms with Gasteiger partial charge in [-0.2, -0.15) is 0 Å². The summed E-state index contributed by atoms with van der Waals surface area (Å²) in [7, 11) is 1.63. The third-order valence-corrected chi connectivity index (χ3v) is 2.69. The van der Waals surface area contributed by atoms with Crippen molar-refractivity contribution in [1.29, 1.82) is 0 Å². The van der Waals surface area contributed by atoms with Gasteiger partial charge in [-0.3, -0.25) is 4.79 Å². The lowest BCUT2D eigenvalue weighted by molar-refractivity contribution is -0.126. The summed E-state index contributed by atoms with van der Waals surface area (Å²) < 4.78 is 10.0. The van der Waals surface area contributed by atoms with Crippen LogP contribution in [0.2, 0.25) is 0 Å². The Balaban J connectivity index is 1.98. The zero-order valence-corrected chi connectivity index (χ0v) is 9.25. The molecule has 5 nitrogen and oxygen atoms in total. The summed E-state index contributed by atoms with van der Waals surface area (Å²) in [6.07, 6.45) is 1.83. The number of rotatable bonds is 8. The molecule has 0 atom stereocenters. The van der Waals surface area contributed by atoms with Gasteiger partial charge in [-0.25, -0.2) is 0 Å². The van der Waals surface area contributed by atoms with Crippen molar-refractivity contribution in [2.45, 2.75) is 12.8 Å². The van der Waals surface area contributed by atoms with Gasteiger partial charge in [0, 0.05) is 20.2 Å². The van der Waals surface area contributed by atoms with Crippen LogP contribution >= 0.6 is 0 Å². The van der Waals surface area contributed by atoms with Gasteiger partial charge in [-0.1, -0.05) is 0 Å². The Bertz CT molecular complexity index is 205. The maximum Gasteiger partial charge on any atom is 0.227 e. The third-order valence-electron chi connectivity index (χ3n) is 2.69. The minimum Gasteiger partial charge on any atom is -0.382 e. The highest BCUT2D eigenvalue weighted by molar-refractivity contribution is 5.85. The van der Waals surface area contributed by atoms with Crippen LogP contribution in [0.15, 0.2) is 0 Å². The molecule has 5 heteroatoms. The van der Waals surface area contributed by atoms with Gasteiger partial charge in [-0.15, -0.1) is 0 Å². The molecule has 0 aliphatic heterocycles. The first-order valence-corrected chi connectivity index (χ1v) is 5.30. The SMILES string of the molecule is COCCOCCNC(=O)C1(CN)CC1. The van der Waals surface area contributed by atoms with Crippen molar-refractivity contribution in [2.24, 2.45) is 11.1 Å². The van der Waals surface area contributed by atoms with E-state index in [1.54, 1.807) is 7.11 Å². The van der Waals surface area contributed by atoms with Crippen LogP contribution in [0, 0.1) is 5.41 Å². The first-order valence-electron chi connectivity index (χ1n) is 5.30. The highest BCUT2D eigenvalue weighted by Gasteiger charge is 2.48. The molecular weight excluding hydrogens is 196 g/mol. The van der Waals surface area contributed by atoms with Crippen LogP contribution in [0.5, 0.6) is 0 Å². The smallest absolute Gasteiger partial charge is 0.227 e. The number of carbonyl (C=O) groups is 1. The number of hydrogen-bond donors (Lipinski definition) is 2. The molecule has 1 rings (SSSR count). The average molecular weight is 216 g/mol. The van der Waals surface area contributed by atoms with Crippen molar-refractivity contribution in [3.8, 4) is 0 Å². The van der Waals surface area contributed by atoms with Crippen molar-refractivity contribution >= 4 is 5.91 Å². The first kappa shape index (κ1) is 12.4. The van der Waals surface area contributed by atoms with Gasteiger partial charge in [0.25, 0.3) is 0 Å². The van der Waals surface area contributed by atoms with Crippen LogP contribution in [-0.4, -0.2) is 45.9 Å². The molecule has 1 aliphatic rings. The van der Waals surface area contributed by atoms with E-state index in [0.717, 1.165) is 12.8 Å². The van der Waals surface area contributed by atoms with E-state index in [-0.39, 0.29) is 11.3 Å². The second kappa shape index (κ2) is 6.05. The van der Waals surface area contributed by atoms with E-state index >= 15 is 0 Å².